The van der Waals surface area contributed by atoms with Gasteiger partial charge in [-0.3, -0.25) is 52.7 Å². The highest BCUT2D eigenvalue weighted by atomic mass is 33.1. The molecule has 1 saturated heterocycles. The number of phenolic OH excluding ortho intramolecular Hbond substituents is 1. The summed E-state index contributed by atoms with van der Waals surface area (Å²) in [6.45, 7) is 6.60. The minimum Gasteiger partial charge on any atom is -0.508 e. The van der Waals surface area contributed by atoms with E-state index in [1.165, 1.54) is 36.3 Å². The molecule has 0 bridgehead atoms. The maximum absolute atomic E-state index is 14.1. The molecule has 28 heteroatoms. The predicted octanol–water partition coefficient (Wildman–Crippen LogP) is -1.86. The van der Waals surface area contributed by atoms with Gasteiger partial charge >= 0.3 is 5.30 Å². The fraction of sp³-hybridized carbons (Fsp3) is 0.600. The number of carbonyl (C=O) groups is 12. The number of nitrogens with two attached hydrogens (primary N) is 3. The van der Waals surface area contributed by atoms with Crippen LogP contribution in [-0.2, 0) is 63.9 Å². The summed E-state index contributed by atoms with van der Waals surface area (Å²) < 4.78 is 4.57. The molecule has 1 fully saturated rings. The summed E-state index contributed by atoms with van der Waals surface area (Å²) in [5, 5.41) is 26.8. The van der Waals surface area contributed by atoms with Gasteiger partial charge in [-0.15, -0.1) is 0 Å². The van der Waals surface area contributed by atoms with Gasteiger partial charge in [-0.25, -0.2) is 4.79 Å². The van der Waals surface area contributed by atoms with Crippen LogP contribution in [0.15, 0.2) is 24.3 Å². The van der Waals surface area contributed by atoms with Gasteiger partial charge in [-0.05, 0) is 55.2 Å². The molecule has 0 aromatic heterocycles. The van der Waals surface area contributed by atoms with Crippen molar-refractivity contribution in [1.82, 2.24) is 42.1 Å². The largest absolute Gasteiger partial charge is 0.508 e. The lowest BCUT2D eigenvalue weighted by Gasteiger charge is -2.30. The zero-order valence-corrected chi connectivity index (χ0v) is 43.9. The summed E-state index contributed by atoms with van der Waals surface area (Å²) >= 11 is 4.24. The molecule has 0 spiro atoms. The number of hydrogen-bond acceptors (Lipinski definition) is 17. The van der Waals surface area contributed by atoms with Crippen molar-refractivity contribution in [2.45, 2.75) is 128 Å². The maximum atomic E-state index is 14.1. The number of amides is 11. The predicted molar refractivity (Wildman–Crippen MR) is 272 cm³/mol. The molecule has 0 saturated carbocycles. The van der Waals surface area contributed by atoms with E-state index in [2.05, 4.69) is 54.6 Å². The van der Waals surface area contributed by atoms with E-state index in [-0.39, 0.29) is 55.4 Å². The van der Waals surface area contributed by atoms with Gasteiger partial charge in [0.25, 0.3) is 0 Å². The third kappa shape index (κ3) is 22.6. The average molecular weight is 1080 g/mol. The third-order valence-electron chi connectivity index (χ3n) is 11.3. The molecule has 1 aliphatic rings. The highest BCUT2D eigenvalue weighted by Crippen LogP contribution is 2.24. The molecule has 1 aromatic carbocycles. The first-order valence-electron chi connectivity index (χ1n) is 23.4. The first kappa shape index (κ1) is 62.8. The first-order chi connectivity index (χ1) is 34.4. The molecule has 1 aromatic rings. The number of thiol groups is 1. The smallest absolute Gasteiger partial charge is 0.377 e. The Morgan fingerprint density at radius 2 is 1.37 bits per heavy atom. The molecule has 14 N–H and O–H groups in total. The number of primary amides is 3. The Kier molecular flexibility index (Phi) is 27.6. The molecule has 0 radical (unpaired) electrons. The van der Waals surface area contributed by atoms with Gasteiger partial charge in [0.2, 0.25) is 65.0 Å². The number of hydrogen-bond donors (Lipinski definition) is 12. The van der Waals surface area contributed by atoms with Crippen LogP contribution in [0.1, 0.15) is 84.6 Å². The van der Waals surface area contributed by atoms with Gasteiger partial charge < -0.3 is 69.2 Å². The van der Waals surface area contributed by atoms with Crippen molar-refractivity contribution in [3.63, 3.8) is 0 Å². The Morgan fingerprint density at radius 1 is 0.753 bits per heavy atom. The highest BCUT2D eigenvalue weighted by molar-refractivity contribution is 8.82. The SMILES string of the molecule is CC[C@H](C)[C@@H](NC(=O)[C@H](Cc1ccc(O)cc1)NC(=O)CCSSC(=O)OC)C(=O)N[C@@H](CCC(N)=O)C(=O)N[C@@H](CC(N)=O)C(=O)N[C@H](CS)C(=O)N1CCC[C@H]1C(=O)N[C@@H](CC(C)C)C(=O)NCC(N)=O. The molecular weight excluding hydrogens is 1010 g/mol. The first-order valence-corrected chi connectivity index (χ1v) is 26.4. The normalized spacial score (nSPS) is 15.9. The molecule has 11 amide bonds. The Morgan fingerprint density at radius 3 is 1.95 bits per heavy atom. The maximum Gasteiger partial charge on any atom is 0.377 e. The van der Waals surface area contributed by atoms with Crippen molar-refractivity contribution in [3.05, 3.63) is 29.8 Å². The molecular formula is C45H69N11O14S3. The summed E-state index contributed by atoms with van der Waals surface area (Å²) in [6.07, 6.45) is -0.828. The van der Waals surface area contributed by atoms with Crippen LogP contribution in [0.3, 0.4) is 0 Å². The fourth-order valence-electron chi connectivity index (χ4n) is 7.29. The van der Waals surface area contributed by atoms with E-state index in [1.807, 2.05) is 13.8 Å². The molecule has 0 aliphatic carbocycles. The van der Waals surface area contributed by atoms with Gasteiger partial charge in [0, 0.05) is 48.1 Å². The van der Waals surface area contributed by atoms with Crippen LogP contribution in [0.25, 0.3) is 0 Å². The molecule has 0 unspecified atom stereocenters. The average Bonchev–Trinajstić information content (AvgIpc) is 3.83. The minimum atomic E-state index is -1.77. The van der Waals surface area contributed by atoms with E-state index in [4.69, 9.17) is 17.2 Å². The second-order valence-corrected chi connectivity index (χ2v) is 20.3. The van der Waals surface area contributed by atoms with Crippen LogP contribution in [-0.4, -0.2) is 154 Å². The summed E-state index contributed by atoms with van der Waals surface area (Å²) in [4.78, 5) is 158. The number of rotatable bonds is 31. The minimum absolute atomic E-state index is 0.0489. The number of aromatic hydroxyl groups is 1. The van der Waals surface area contributed by atoms with Crippen molar-refractivity contribution in [3.8, 4) is 5.75 Å². The molecule has 8 atom stereocenters. The van der Waals surface area contributed by atoms with E-state index < -0.39 is 144 Å². The lowest BCUT2D eigenvalue weighted by molar-refractivity contribution is -0.142. The van der Waals surface area contributed by atoms with E-state index in [9.17, 15) is 62.6 Å². The molecule has 73 heavy (non-hydrogen) atoms. The van der Waals surface area contributed by atoms with E-state index >= 15 is 0 Å². The van der Waals surface area contributed by atoms with Crippen LogP contribution in [0.2, 0.25) is 0 Å². The molecule has 1 aliphatic heterocycles. The number of nitrogens with one attached hydrogen (secondary N) is 7. The Labute approximate surface area is 436 Å². The Balaban J connectivity index is 2.34. The van der Waals surface area contributed by atoms with Crippen molar-refractivity contribution in [1.29, 1.82) is 0 Å². The zero-order chi connectivity index (χ0) is 54.9. The third-order valence-corrected chi connectivity index (χ3v) is 13.7. The van der Waals surface area contributed by atoms with Crippen LogP contribution >= 0.6 is 34.2 Å². The summed E-state index contributed by atoms with van der Waals surface area (Å²) in [5.74, 6) is -10.2. The Bertz CT molecular complexity index is 2140. The highest BCUT2D eigenvalue weighted by Gasteiger charge is 2.40. The molecule has 1 heterocycles. The molecule has 25 nitrogen and oxygen atoms in total. The topological polar surface area (TPSA) is 400 Å². The van der Waals surface area contributed by atoms with Gasteiger partial charge in [-0.1, -0.05) is 57.0 Å². The van der Waals surface area contributed by atoms with E-state index in [0.717, 1.165) is 21.6 Å². The lowest BCUT2D eigenvalue weighted by atomic mass is 9.96. The molecule has 406 valence electrons. The van der Waals surface area contributed by atoms with Crippen molar-refractivity contribution in [2.24, 2.45) is 29.0 Å². The monoisotopic (exact) mass is 1080 g/mol. The number of ether oxygens (including phenoxy) is 1. The number of phenols is 1. The second-order valence-electron chi connectivity index (χ2n) is 17.6. The zero-order valence-electron chi connectivity index (χ0n) is 41.4. The van der Waals surface area contributed by atoms with Crippen LogP contribution in [0.4, 0.5) is 4.79 Å². The van der Waals surface area contributed by atoms with Gasteiger partial charge in [0.15, 0.2) is 0 Å². The van der Waals surface area contributed by atoms with E-state index in [1.54, 1.807) is 13.8 Å². The lowest BCUT2D eigenvalue weighted by Crippen LogP contribution is -2.61. The standard InChI is InChI=1S/C45H69N11O14S3/c1-6-24(4)37(55-41(65)29(19-25-9-11-26(57)12-10-25)50-36(61)15-17-72-73-45(69)70-5)43(67)51-27(13-14-33(46)58)39(63)52-30(20-34(47)59)40(64)54-31(22-71)44(68)56-16-7-8-32(56)42(66)53-28(18-23(2)3)38(62)49-21-35(48)60/h9-12,23-24,27-32,37,57,71H,6-8,13-22H2,1-5H3,(H2,46,58)(H2,47,59)(H2,48,60)(H,49,62)(H,50,61)(H,51,67)(H,52,63)(H,53,66)(H,54,64)(H,55,65)/t24-,27-,28-,29-,30-,31+,32-,37+/m0/s1. The number of carbonyl (C=O) groups excluding carboxylic acids is 12. The van der Waals surface area contributed by atoms with Crippen molar-refractivity contribution >= 4 is 104 Å². The van der Waals surface area contributed by atoms with Crippen LogP contribution < -0.4 is 54.4 Å². The second kappa shape index (κ2) is 32.0. The summed E-state index contributed by atoms with van der Waals surface area (Å²) in [5.41, 5.74) is 16.6. The Hall–Kier alpha value is -6.29. The van der Waals surface area contributed by atoms with Crippen LogP contribution in [0, 0.1) is 11.8 Å². The summed E-state index contributed by atoms with van der Waals surface area (Å²) in [7, 11) is 3.05. The number of benzene rings is 1. The number of nitrogens with zero attached hydrogens (tertiary/aromatic N) is 1. The fourth-order valence-corrected chi connectivity index (χ4v) is 9.04. The van der Waals surface area contributed by atoms with Crippen molar-refractivity contribution in [2.75, 3.05) is 31.7 Å². The molecule has 2 rings (SSSR count). The van der Waals surface area contributed by atoms with Gasteiger partial charge in [-0.2, -0.15) is 12.6 Å². The quantitative estimate of drug-likeness (QED) is 0.0168. The van der Waals surface area contributed by atoms with Crippen LogP contribution in [0.5, 0.6) is 5.75 Å². The van der Waals surface area contributed by atoms with Gasteiger partial charge in [0.1, 0.15) is 48.0 Å². The number of methoxy groups -OCH3 is 1. The van der Waals surface area contributed by atoms with E-state index in [0.29, 0.717) is 18.4 Å². The summed E-state index contributed by atoms with van der Waals surface area (Å²) in [6, 6.07) is -3.78. The van der Waals surface area contributed by atoms with Gasteiger partial charge in [0.05, 0.1) is 20.1 Å². The van der Waals surface area contributed by atoms with Crippen molar-refractivity contribution < 1.29 is 67.4 Å². The number of likely N-dealkylation sites (tertiary alicyclic amines) is 1.